The highest BCUT2D eigenvalue weighted by Crippen LogP contribution is 2.30. The van der Waals surface area contributed by atoms with Crippen molar-refractivity contribution in [1.29, 1.82) is 0 Å². The average molecular weight is 325 g/mol. The highest BCUT2D eigenvalue weighted by atomic mass is 35.5. The summed E-state index contributed by atoms with van der Waals surface area (Å²) in [7, 11) is 0. The van der Waals surface area contributed by atoms with Gasteiger partial charge in [0.25, 0.3) is 0 Å². The molecule has 124 valence electrons. The normalized spacial score (nSPS) is 16.8. The van der Waals surface area contributed by atoms with Crippen LogP contribution < -0.4 is 5.32 Å². The molecule has 1 aliphatic rings. The van der Waals surface area contributed by atoms with Crippen molar-refractivity contribution < 1.29 is 4.79 Å². The summed E-state index contributed by atoms with van der Waals surface area (Å²) in [6.45, 7) is 8.48. The number of rotatable bonds is 6. The summed E-state index contributed by atoms with van der Waals surface area (Å²) in [4.78, 5) is 14.0. The van der Waals surface area contributed by atoms with Crippen molar-refractivity contribution in [2.24, 2.45) is 0 Å². The Bertz CT molecular complexity index is 484. The van der Waals surface area contributed by atoms with Crippen LogP contribution in [0.2, 0.25) is 0 Å². The molecule has 1 amide bonds. The van der Waals surface area contributed by atoms with Crippen LogP contribution >= 0.6 is 12.4 Å². The maximum Gasteiger partial charge on any atom is 0.221 e. The van der Waals surface area contributed by atoms with Crippen molar-refractivity contribution in [2.75, 3.05) is 18.4 Å². The fourth-order valence-corrected chi connectivity index (χ4v) is 3.46. The molecule has 1 aliphatic carbocycles. The van der Waals surface area contributed by atoms with E-state index in [-0.39, 0.29) is 18.3 Å². The zero-order chi connectivity index (χ0) is 15.2. The lowest BCUT2D eigenvalue weighted by Crippen LogP contribution is -2.40. The fourth-order valence-electron chi connectivity index (χ4n) is 3.46. The van der Waals surface area contributed by atoms with Crippen LogP contribution in [0.15, 0.2) is 18.2 Å². The molecule has 0 fully saturated rings. The molecule has 0 bridgehead atoms. The Morgan fingerprint density at radius 2 is 1.95 bits per heavy atom. The Morgan fingerprint density at radius 1 is 1.27 bits per heavy atom. The Balaban J connectivity index is 0.00000242. The monoisotopic (exact) mass is 324 g/mol. The predicted molar refractivity (Wildman–Crippen MR) is 96.0 cm³/mol. The van der Waals surface area contributed by atoms with Crippen LogP contribution in [-0.4, -0.2) is 29.9 Å². The summed E-state index contributed by atoms with van der Waals surface area (Å²) < 4.78 is 0. The third-order valence-corrected chi connectivity index (χ3v) is 4.30. The molecular weight excluding hydrogens is 296 g/mol. The van der Waals surface area contributed by atoms with E-state index < -0.39 is 0 Å². The highest BCUT2D eigenvalue weighted by molar-refractivity contribution is 5.89. The number of nitrogens with one attached hydrogen (secondary N) is 1. The average Bonchev–Trinajstić information content (AvgIpc) is 2.46. The Labute approximate surface area is 140 Å². The Kier molecular flexibility index (Phi) is 7.91. The van der Waals surface area contributed by atoms with Gasteiger partial charge in [-0.2, -0.15) is 0 Å². The molecule has 2 rings (SSSR count). The number of fused-ring (bicyclic) bond motifs is 1. The van der Waals surface area contributed by atoms with Gasteiger partial charge < -0.3 is 10.2 Å². The summed E-state index contributed by atoms with van der Waals surface area (Å²) in [5.74, 6) is 0.0177. The number of amides is 1. The second-order valence-electron chi connectivity index (χ2n) is 6.06. The number of carbonyl (C=O) groups excluding carboxylic acids is 1. The zero-order valence-corrected chi connectivity index (χ0v) is 14.8. The van der Waals surface area contributed by atoms with Gasteiger partial charge in [0.1, 0.15) is 0 Å². The number of hydrogen-bond donors (Lipinski definition) is 1. The Morgan fingerprint density at radius 3 is 2.55 bits per heavy atom. The van der Waals surface area contributed by atoms with Gasteiger partial charge >= 0.3 is 0 Å². The van der Waals surface area contributed by atoms with E-state index in [1.54, 1.807) is 6.92 Å². The van der Waals surface area contributed by atoms with E-state index >= 15 is 0 Å². The molecule has 3 nitrogen and oxygen atoms in total. The maximum atomic E-state index is 11.3. The first-order valence-corrected chi connectivity index (χ1v) is 8.28. The van der Waals surface area contributed by atoms with Crippen molar-refractivity contribution >= 4 is 24.0 Å². The lowest BCUT2D eigenvalue weighted by Gasteiger charge is -2.35. The summed E-state index contributed by atoms with van der Waals surface area (Å²) in [5, 5.41) is 2.97. The molecule has 0 aliphatic heterocycles. The van der Waals surface area contributed by atoms with E-state index in [1.807, 2.05) is 6.07 Å². The van der Waals surface area contributed by atoms with Gasteiger partial charge in [-0.15, -0.1) is 12.4 Å². The highest BCUT2D eigenvalue weighted by Gasteiger charge is 2.24. The second kappa shape index (κ2) is 9.16. The molecule has 0 unspecified atom stereocenters. The molecular formula is C18H29ClN2O. The van der Waals surface area contributed by atoms with Crippen LogP contribution in [-0.2, 0) is 17.6 Å². The topological polar surface area (TPSA) is 32.3 Å². The molecule has 1 N–H and O–H groups in total. The molecule has 1 aromatic carbocycles. The molecule has 0 aromatic heterocycles. The lowest BCUT2D eigenvalue weighted by atomic mass is 9.86. The van der Waals surface area contributed by atoms with Gasteiger partial charge in [-0.25, -0.2) is 0 Å². The van der Waals surface area contributed by atoms with Crippen LogP contribution in [0.5, 0.6) is 0 Å². The first-order valence-electron chi connectivity index (χ1n) is 8.28. The summed E-state index contributed by atoms with van der Waals surface area (Å²) in [6, 6.07) is 6.97. The van der Waals surface area contributed by atoms with E-state index in [9.17, 15) is 4.79 Å². The molecule has 0 saturated carbocycles. The first kappa shape index (κ1) is 19.0. The molecule has 0 saturated heterocycles. The van der Waals surface area contributed by atoms with Crippen molar-refractivity contribution in [2.45, 2.75) is 58.9 Å². The third-order valence-electron chi connectivity index (χ3n) is 4.30. The van der Waals surface area contributed by atoms with Crippen molar-refractivity contribution in [1.82, 2.24) is 4.90 Å². The van der Waals surface area contributed by atoms with Crippen LogP contribution in [0.1, 0.15) is 51.2 Å². The maximum absolute atomic E-state index is 11.3. The Hall–Kier alpha value is -1.06. The fraction of sp³-hybridized carbons (Fsp3) is 0.611. The van der Waals surface area contributed by atoms with Gasteiger partial charge in [0, 0.05) is 18.7 Å². The first-order chi connectivity index (χ1) is 10.2. The number of anilines is 1. The van der Waals surface area contributed by atoms with E-state index in [1.165, 1.54) is 43.5 Å². The number of halogens is 1. The van der Waals surface area contributed by atoms with E-state index in [0.717, 1.165) is 18.5 Å². The van der Waals surface area contributed by atoms with Gasteiger partial charge in [0.05, 0.1) is 0 Å². The van der Waals surface area contributed by atoms with Gasteiger partial charge in [-0.1, -0.05) is 26.0 Å². The van der Waals surface area contributed by atoms with Crippen LogP contribution in [0.25, 0.3) is 0 Å². The molecule has 1 aromatic rings. The van der Waals surface area contributed by atoms with E-state index in [0.29, 0.717) is 6.04 Å². The minimum Gasteiger partial charge on any atom is -0.326 e. The third kappa shape index (κ3) is 4.72. The van der Waals surface area contributed by atoms with Gasteiger partial charge in [-0.05, 0) is 62.4 Å². The number of nitrogens with zero attached hydrogens (tertiary/aromatic N) is 1. The SMILES string of the molecule is CCCN(CCC)[C@H]1CCc2c(cccc2NC(C)=O)C1.Cl. The smallest absolute Gasteiger partial charge is 0.221 e. The minimum absolute atomic E-state index is 0. The van der Waals surface area contributed by atoms with Crippen molar-refractivity contribution in [3.63, 3.8) is 0 Å². The van der Waals surface area contributed by atoms with Gasteiger partial charge in [-0.3, -0.25) is 4.79 Å². The zero-order valence-electron chi connectivity index (χ0n) is 14.0. The predicted octanol–water partition coefficient (Wildman–Crippen LogP) is 4.05. The molecule has 0 spiro atoms. The van der Waals surface area contributed by atoms with Crippen LogP contribution in [0.4, 0.5) is 5.69 Å². The van der Waals surface area contributed by atoms with Crippen LogP contribution in [0, 0.1) is 0 Å². The minimum atomic E-state index is 0. The summed E-state index contributed by atoms with van der Waals surface area (Å²) in [6.07, 6.45) is 5.82. The largest absolute Gasteiger partial charge is 0.326 e. The van der Waals surface area contributed by atoms with Crippen LogP contribution in [0.3, 0.4) is 0 Å². The second-order valence-corrected chi connectivity index (χ2v) is 6.06. The quantitative estimate of drug-likeness (QED) is 0.856. The molecule has 1 atom stereocenters. The molecule has 0 heterocycles. The number of benzene rings is 1. The summed E-state index contributed by atoms with van der Waals surface area (Å²) in [5.41, 5.74) is 3.77. The van der Waals surface area contributed by atoms with Crippen molar-refractivity contribution in [3.8, 4) is 0 Å². The lowest BCUT2D eigenvalue weighted by molar-refractivity contribution is -0.114. The molecule has 0 radical (unpaired) electrons. The van der Waals surface area contributed by atoms with E-state index in [4.69, 9.17) is 0 Å². The van der Waals surface area contributed by atoms with Gasteiger partial charge in [0.15, 0.2) is 0 Å². The molecule has 22 heavy (non-hydrogen) atoms. The number of hydrogen-bond acceptors (Lipinski definition) is 2. The van der Waals surface area contributed by atoms with Crippen molar-refractivity contribution in [3.05, 3.63) is 29.3 Å². The molecule has 4 heteroatoms. The van der Waals surface area contributed by atoms with Gasteiger partial charge in [0.2, 0.25) is 5.91 Å². The van der Waals surface area contributed by atoms with E-state index in [2.05, 4.69) is 36.2 Å². The summed E-state index contributed by atoms with van der Waals surface area (Å²) >= 11 is 0. The standard InChI is InChI=1S/C18H28N2O.ClH/c1-4-11-20(12-5-2)16-9-10-17-15(13-16)7-6-8-18(17)19-14(3)21;/h6-8,16H,4-5,9-13H2,1-3H3,(H,19,21);1H/t16-;/m0./s1. The number of carbonyl (C=O) groups is 1.